The second-order valence-electron chi connectivity index (χ2n) is 7.02. The molecule has 0 radical (unpaired) electrons. The number of hydrogen-bond acceptors (Lipinski definition) is 9. The highest BCUT2D eigenvalue weighted by molar-refractivity contribution is 7.99. The summed E-state index contributed by atoms with van der Waals surface area (Å²) in [7, 11) is 0. The van der Waals surface area contributed by atoms with Crippen LogP contribution >= 0.6 is 11.8 Å². The summed E-state index contributed by atoms with van der Waals surface area (Å²) in [6.45, 7) is 4.79. The monoisotopic (exact) mass is 453 g/mol. The molecule has 9 nitrogen and oxygen atoms in total. The molecule has 0 saturated carbocycles. The zero-order chi connectivity index (χ0) is 23.0. The van der Waals surface area contributed by atoms with Crippen molar-refractivity contribution in [2.45, 2.75) is 63.2 Å². The lowest BCUT2D eigenvalue weighted by Gasteiger charge is -2.45. The van der Waals surface area contributed by atoms with Gasteiger partial charge in [0.1, 0.15) is 24.2 Å². The van der Waals surface area contributed by atoms with Crippen LogP contribution in [-0.4, -0.2) is 60.2 Å². The Hall–Kier alpha value is -2.59. The molecule has 0 aliphatic carbocycles. The summed E-state index contributed by atoms with van der Waals surface area (Å²) >= 11 is 1.38. The molecule has 1 amide bonds. The number of thioether (sulfide) groups is 1. The largest absolute Gasteiger partial charge is 0.463 e. The third-order valence-electron chi connectivity index (χ3n) is 4.33. The Bertz CT molecular complexity index is 787. The molecular weight excluding hydrogens is 426 g/mol. The molecule has 0 spiro atoms. The number of carbonyl (C=O) groups excluding carboxylic acids is 4. The Morgan fingerprint density at radius 2 is 1.55 bits per heavy atom. The molecule has 2 rings (SSSR count). The number of esters is 3. The molecule has 1 aliphatic heterocycles. The Balaban J connectivity index is 2.35. The van der Waals surface area contributed by atoms with Gasteiger partial charge in [-0.1, -0.05) is 30.3 Å². The highest BCUT2D eigenvalue weighted by Crippen LogP contribution is 2.34. The van der Waals surface area contributed by atoms with Gasteiger partial charge in [0.05, 0.1) is 0 Å². The standard InChI is InChI=1S/C21H27NO8S/c1-12(23)22-18-20(29-15(4)26)19(28-14(3)25)17(10-27-13(2)24)30-21(18)31-11-16-8-6-5-7-9-16/h5-9,17-21H,10-11H2,1-4H3,(H,22,23). The normalized spacial score (nSPS) is 25.2. The lowest BCUT2D eigenvalue weighted by molar-refractivity contribution is -0.211. The van der Waals surface area contributed by atoms with Crippen molar-refractivity contribution < 1.29 is 38.1 Å². The molecule has 1 aromatic rings. The van der Waals surface area contributed by atoms with Gasteiger partial charge in [-0.25, -0.2) is 0 Å². The first kappa shape index (κ1) is 24.7. The number of rotatable bonds is 8. The van der Waals surface area contributed by atoms with Crippen LogP contribution in [0.25, 0.3) is 0 Å². The van der Waals surface area contributed by atoms with E-state index in [1.54, 1.807) is 0 Å². The summed E-state index contributed by atoms with van der Waals surface area (Å²) in [5.74, 6) is -1.59. The van der Waals surface area contributed by atoms with Crippen molar-refractivity contribution in [2.24, 2.45) is 0 Å². The van der Waals surface area contributed by atoms with E-state index in [-0.39, 0.29) is 12.5 Å². The first-order valence-electron chi connectivity index (χ1n) is 9.73. The van der Waals surface area contributed by atoms with Gasteiger partial charge in [-0.15, -0.1) is 11.8 Å². The fourth-order valence-corrected chi connectivity index (χ4v) is 4.39. The number of ether oxygens (including phenoxy) is 4. The van der Waals surface area contributed by atoms with E-state index in [1.807, 2.05) is 30.3 Å². The van der Waals surface area contributed by atoms with Gasteiger partial charge in [0.25, 0.3) is 0 Å². The molecule has 10 heteroatoms. The number of hydrogen-bond donors (Lipinski definition) is 1. The Morgan fingerprint density at radius 3 is 2.10 bits per heavy atom. The Labute approximate surface area is 185 Å². The molecule has 31 heavy (non-hydrogen) atoms. The SMILES string of the molecule is CC(=O)NC1C(SCc2ccccc2)OC(COC(C)=O)C(OC(C)=O)C1OC(C)=O. The number of carbonyl (C=O) groups is 4. The molecule has 1 fully saturated rings. The van der Waals surface area contributed by atoms with E-state index in [0.717, 1.165) is 5.56 Å². The quantitative estimate of drug-likeness (QED) is 0.462. The van der Waals surface area contributed by atoms with Crippen LogP contribution in [0, 0.1) is 0 Å². The van der Waals surface area contributed by atoms with Crippen molar-refractivity contribution in [1.29, 1.82) is 0 Å². The summed E-state index contributed by atoms with van der Waals surface area (Å²) in [6, 6.07) is 8.82. The van der Waals surface area contributed by atoms with Crippen molar-refractivity contribution in [1.82, 2.24) is 5.32 Å². The molecule has 1 aromatic carbocycles. The van der Waals surface area contributed by atoms with Crippen LogP contribution < -0.4 is 5.32 Å². The topological polar surface area (TPSA) is 117 Å². The smallest absolute Gasteiger partial charge is 0.303 e. The summed E-state index contributed by atoms with van der Waals surface area (Å²) in [4.78, 5) is 46.8. The van der Waals surface area contributed by atoms with E-state index in [2.05, 4.69) is 5.32 Å². The zero-order valence-electron chi connectivity index (χ0n) is 17.9. The molecule has 1 aliphatic rings. The Morgan fingerprint density at radius 1 is 0.935 bits per heavy atom. The van der Waals surface area contributed by atoms with Crippen molar-refractivity contribution in [3.05, 3.63) is 35.9 Å². The molecule has 0 bridgehead atoms. The van der Waals surface area contributed by atoms with Gasteiger partial charge in [-0.2, -0.15) is 0 Å². The van der Waals surface area contributed by atoms with Gasteiger partial charge < -0.3 is 24.3 Å². The minimum Gasteiger partial charge on any atom is -0.463 e. The second-order valence-corrected chi connectivity index (χ2v) is 8.10. The Kier molecular flexibility index (Phi) is 9.32. The molecule has 0 aromatic heterocycles. The van der Waals surface area contributed by atoms with Crippen LogP contribution in [0.1, 0.15) is 33.3 Å². The van der Waals surface area contributed by atoms with E-state index in [9.17, 15) is 19.2 Å². The lowest BCUT2D eigenvalue weighted by atomic mass is 9.97. The molecule has 5 unspecified atom stereocenters. The molecule has 1 saturated heterocycles. The number of nitrogens with one attached hydrogen (secondary N) is 1. The summed E-state index contributed by atoms with van der Waals surface area (Å²) in [5, 5.41) is 2.75. The van der Waals surface area contributed by atoms with Gasteiger partial charge in [-0.05, 0) is 5.56 Å². The predicted molar refractivity (Wildman–Crippen MR) is 112 cm³/mol. The van der Waals surface area contributed by atoms with Crippen LogP contribution in [-0.2, 0) is 43.9 Å². The maximum Gasteiger partial charge on any atom is 0.303 e. The summed E-state index contributed by atoms with van der Waals surface area (Å²) in [5.41, 5.74) is 0.362. The highest BCUT2D eigenvalue weighted by atomic mass is 32.2. The number of amides is 1. The zero-order valence-corrected chi connectivity index (χ0v) is 18.7. The summed E-state index contributed by atoms with van der Waals surface area (Å²) in [6.07, 6.45) is -3.01. The molecule has 5 atom stereocenters. The van der Waals surface area contributed by atoms with E-state index >= 15 is 0 Å². The van der Waals surface area contributed by atoms with Gasteiger partial charge in [-0.3, -0.25) is 19.2 Å². The summed E-state index contributed by atoms with van der Waals surface area (Å²) < 4.78 is 22.0. The van der Waals surface area contributed by atoms with Crippen LogP contribution in [0.15, 0.2) is 30.3 Å². The molecule has 1 N–H and O–H groups in total. The second kappa shape index (κ2) is 11.7. The predicted octanol–water partition coefficient (Wildman–Crippen LogP) is 1.58. The average molecular weight is 454 g/mol. The molecule has 1 heterocycles. The lowest BCUT2D eigenvalue weighted by Crippen LogP contribution is -2.65. The number of benzene rings is 1. The minimum atomic E-state index is -1.08. The molecule has 170 valence electrons. The van der Waals surface area contributed by atoms with Crippen LogP contribution in [0.3, 0.4) is 0 Å². The van der Waals surface area contributed by atoms with Crippen molar-refractivity contribution in [3.63, 3.8) is 0 Å². The van der Waals surface area contributed by atoms with Gasteiger partial charge in [0.15, 0.2) is 12.2 Å². The van der Waals surface area contributed by atoms with E-state index < -0.39 is 47.7 Å². The van der Waals surface area contributed by atoms with Crippen molar-refractivity contribution >= 4 is 35.6 Å². The van der Waals surface area contributed by atoms with Crippen LogP contribution in [0.4, 0.5) is 0 Å². The third kappa shape index (κ3) is 7.87. The first-order chi connectivity index (χ1) is 14.7. The maximum absolute atomic E-state index is 11.9. The highest BCUT2D eigenvalue weighted by Gasteiger charge is 2.50. The molecular formula is C21H27NO8S. The third-order valence-corrected chi connectivity index (χ3v) is 5.56. The van der Waals surface area contributed by atoms with Crippen LogP contribution in [0.5, 0.6) is 0 Å². The fourth-order valence-electron chi connectivity index (χ4n) is 3.19. The van der Waals surface area contributed by atoms with Crippen molar-refractivity contribution in [2.75, 3.05) is 6.61 Å². The average Bonchev–Trinajstić information content (AvgIpc) is 2.68. The van der Waals surface area contributed by atoms with Gasteiger partial charge >= 0.3 is 17.9 Å². The minimum absolute atomic E-state index is 0.208. The van der Waals surface area contributed by atoms with E-state index in [1.165, 1.54) is 39.5 Å². The van der Waals surface area contributed by atoms with Crippen molar-refractivity contribution in [3.8, 4) is 0 Å². The van der Waals surface area contributed by atoms with E-state index in [0.29, 0.717) is 5.75 Å². The van der Waals surface area contributed by atoms with Crippen LogP contribution in [0.2, 0.25) is 0 Å². The maximum atomic E-state index is 11.9. The fraction of sp³-hybridized carbons (Fsp3) is 0.524. The van der Waals surface area contributed by atoms with Gasteiger partial charge in [0.2, 0.25) is 5.91 Å². The van der Waals surface area contributed by atoms with Gasteiger partial charge in [0, 0.05) is 33.4 Å². The van der Waals surface area contributed by atoms with E-state index in [4.69, 9.17) is 18.9 Å². The first-order valence-corrected chi connectivity index (χ1v) is 10.8.